The maximum Gasteiger partial charge on any atom is 0.0783 e. The molecule has 2 heteroatoms. The van der Waals surface area contributed by atoms with E-state index in [0.29, 0.717) is 0 Å². The third-order valence-electron chi connectivity index (χ3n) is 4.16. The van der Waals surface area contributed by atoms with Crippen LogP contribution in [0.4, 0.5) is 11.4 Å². The predicted molar refractivity (Wildman–Crippen MR) is 93.5 cm³/mol. The van der Waals surface area contributed by atoms with Gasteiger partial charge in [-0.05, 0) is 33.7 Å². The van der Waals surface area contributed by atoms with Gasteiger partial charge in [0.2, 0.25) is 0 Å². The summed E-state index contributed by atoms with van der Waals surface area (Å²) in [5.41, 5.74) is 2.15. The fraction of sp³-hybridized carbons (Fsp3) is 0. The van der Waals surface area contributed by atoms with E-state index in [-0.39, 0.29) is 0 Å². The Morgan fingerprint density at radius 3 is 1.59 bits per heavy atom. The van der Waals surface area contributed by atoms with Crippen molar-refractivity contribution in [1.29, 1.82) is 0 Å². The molecule has 0 N–H and O–H groups in total. The van der Waals surface area contributed by atoms with Gasteiger partial charge in [-0.3, -0.25) is 0 Å². The van der Waals surface area contributed by atoms with Crippen molar-refractivity contribution in [3.63, 3.8) is 0 Å². The fourth-order valence-electron chi connectivity index (χ4n) is 3.09. The number of benzene rings is 4. The van der Waals surface area contributed by atoms with Gasteiger partial charge in [0.05, 0.1) is 11.4 Å². The predicted octanol–water partition coefficient (Wildman–Crippen LogP) is 6.03. The molecule has 0 unspecified atom stereocenters. The van der Waals surface area contributed by atoms with Gasteiger partial charge in [-0.2, -0.15) is 0 Å². The van der Waals surface area contributed by atoms with Crippen molar-refractivity contribution in [2.24, 2.45) is 0 Å². The van der Waals surface area contributed by atoms with Crippen LogP contribution in [0, 0.1) is 0 Å². The van der Waals surface area contributed by atoms with Gasteiger partial charge in [0.25, 0.3) is 0 Å². The monoisotopic (exact) mass is 298 g/mol. The van der Waals surface area contributed by atoms with Gasteiger partial charge in [-0.1, -0.05) is 72.4 Å². The van der Waals surface area contributed by atoms with E-state index in [1.54, 1.807) is 0 Å². The molecule has 1 radical (unpaired) electrons. The zero-order valence-electron chi connectivity index (χ0n) is 11.8. The van der Waals surface area contributed by atoms with Crippen LogP contribution in [0.5, 0.6) is 0 Å². The number of hydrogen-bond acceptors (Lipinski definition) is 1. The Labute approximate surface area is 133 Å². The summed E-state index contributed by atoms with van der Waals surface area (Å²) in [6.07, 6.45) is 0. The van der Waals surface area contributed by atoms with Crippen molar-refractivity contribution < 1.29 is 0 Å². The molecule has 4 aromatic rings. The van der Waals surface area contributed by atoms with Gasteiger partial charge in [0.1, 0.15) is 0 Å². The molecular formula is C20H12NS. The summed E-state index contributed by atoms with van der Waals surface area (Å²) >= 11 is 1.85. The second-order valence-corrected chi connectivity index (χ2v) is 6.50. The molecule has 1 aliphatic rings. The molecule has 103 valence electrons. The molecule has 22 heavy (non-hydrogen) atoms. The first kappa shape index (κ1) is 12.1. The lowest BCUT2D eigenvalue weighted by molar-refractivity contribution is 1.10. The maximum absolute atomic E-state index is 4.89. The lowest BCUT2D eigenvalue weighted by Crippen LogP contribution is -1.99. The van der Waals surface area contributed by atoms with Crippen LogP contribution >= 0.6 is 11.8 Å². The van der Waals surface area contributed by atoms with Crippen molar-refractivity contribution in [2.45, 2.75) is 9.79 Å². The smallest absolute Gasteiger partial charge is 0.0783 e. The minimum absolute atomic E-state index is 1.08. The average molecular weight is 298 g/mol. The van der Waals surface area contributed by atoms with Crippen molar-refractivity contribution in [1.82, 2.24) is 5.32 Å². The summed E-state index contributed by atoms with van der Waals surface area (Å²) in [6.45, 7) is 0. The van der Waals surface area contributed by atoms with E-state index in [1.807, 2.05) is 11.8 Å². The zero-order chi connectivity index (χ0) is 14.5. The number of nitrogens with zero attached hydrogens (tertiary/aromatic N) is 1. The van der Waals surface area contributed by atoms with E-state index >= 15 is 0 Å². The number of rotatable bonds is 0. The van der Waals surface area contributed by atoms with Crippen LogP contribution < -0.4 is 5.32 Å². The molecule has 0 saturated carbocycles. The zero-order valence-corrected chi connectivity index (χ0v) is 12.6. The molecule has 4 aromatic carbocycles. The highest BCUT2D eigenvalue weighted by Crippen LogP contribution is 2.49. The van der Waals surface area contributed by atoms with Gasteiger partial charge in [0, 0.05) is 9.79 Å². The SMILES string of the molecule is c1ccc2c3c(ccc2c1)[N]c1ccc2ccccc2c1S3. The second-order valence-electron chi connectivity index (χ2n) is 5.48. The highest BCUT2D eigenvalue weighted by atomic mass is 32.2. The van der Waals surface area contributed by atoms with Crippen molar-refractivity contribution in [3.8, 4) is 0 Å². The first-order valence-corrected chi connectivity index (χ1v) is 8.15. The highest BCUT2D eigenvalue weighted by Gasteiger charge is 2.21. The molecule has 1 nitrogen and oxygen atoms in total. The Hall–Kier alpha value is -2.45. The third-order valence-corrected chi connectivity index (χ3v) is 5.43. The summed E-state index contributed by atoms with van der Waals surface area (Å²) in [6, 6.07) is 25.6. The molecule has 0 aromatic heterocycles. The van der Waals surface area contributed by atoms with Crippen LogP contribution in [0.2, 0.25) is 0 Å². The molecule has 0 aliphatic carbocycles. The molecule has 0 saturated heterocycles. The van der Waals surface area contributed by atoms with E-state index in [4.69, 9.17) is 5.32 Å². The van der Waals surface area contributed by atoms with Crippen LogP contribution in [-0.2, 0) is 0 Å². The molecule has 0 fully saturated rings. The van der Waals surface area contributed by atoms with E-state index in [2.05, 4.69) is 72.8 Å². The number of fused-ring (bicyclic) bond motifs is 6. The van der Waals surface area contributed by atoms with Crippen molar-refractivity contribution in [3.05, 3.63) is 72.8 Å². The largest absolute Gasteiger partial charge is 0.247 e. The van der Waals surface area contributed by atoms with Gasteiger partial charge in [0.15, 0.2) is 0 Å². The normalized spacial score (nSPS) is 12.7. The number of hydrogen-bond donors (Lipinski definition) is 0. The fourth-order valence-corrected chi connectivity index (χ4v) is 4.32. The molecule has 0 spiro atoms. The van der Waals surface area contributed by atoms with Gasteiger partial charge >= 0.3 is 0 Å². The Bertz CT molecular complexity index is 953. The Balaban J connectivity index is 1.80. The van der Waals surface area contributed by atoms with Crippen LogP contribution in [0.25, 0.3) is 21.5 Å². The molecule has 1 heterocycles. The highest BCUT2D eigenvalue weighted by molar-refractivity contribution is 8.00. The maximum atomic E-state index is 4.89. The Morgan fingerprint density at radius 1 is 0.545 bits per heavy atom. The van der Waals surface area contributed by atoms with Crippen LogP contribution in [0.15, 0.2) is 82.6 Å². The lowest BCUT2D eigenvalue weighted by atomic mass is 10.1. The van der Waals surface area contributed by atoms with Crippen LogP contribution in [-0.4, -0.2) is 0 Å². The second kappa shape index (κ2) is 4.52. The van der Waals surface area contributed by atoms with Crippen LogP contribution in [0.3, 0.4) is 0 Å². The van der Waals surface area contributed by atoms with Crippen molar-refractivity contribution >= 4 is 44.7 Å². The molecule has 5 rings (SSSR count). The topological polar surface area (TPSA) is 14.1 Å². The Kier molecular flexibility index (Phi) is 2.49. The average Bonchev–Trinajstić information content (AvgIpc) is 2.60. The molecule has 0 atom stereocenters. The van der Waals surface area contributed by atoms with Crippen LogP contribution in [0.1, 0.15) is 0 Å². The first-order chi connectivity index (χ1) is 10.9. The minimum atomic E-state index is 1.08. The van der Waals surface area contributed by atoms with Gasteiger partial charge in [-0.15, -0.1) is 0 Å². The van der Waals surface area contributed by atoms with Gasteiger partial charge in [-0.25, -0.2) is 5.32 Å². The molecular weight excluding hydrogens is 286 g/mol. The quantitative estimate of drug-likeness (QED) is 0.340. The lowest BCUT2D eigenvalue weighted by Gasteiger charge is -2.21. The summed E-state index contributed by atoms with van der Waals surface area (Å²) < 4.78 is 0. The van der Waals surface area contributed by atoms with Crippen molar-refractivity contribution in [2.75, 3.05) is 0 Å². The van der Waals surface area contributed by atoms with Gasteiger partial charge < -0.3 is 0 Å². The van der Waals surface area contributed by atoms with E-state index in [0.717, 1.165) is 11.4 Å². The van der Waals surface area contributed by atoms with E-state index < -0.39 is 0 Å². The summed E-state index contributed by atoms with van der Waals surface area (Å²) in [7, 11) is 0. The van der Waals surface area contributed by atoms with E-state index in [1.165, 1.54) is 31.3 Å². The molecule has 0 amide bonds. The summed E-state index contributed by atoms with van der Waals surface area (Å²) in [5.74, 6) is 0. The third kappa shape index (κ3) is 1.68. The minimum Gasteiger partial charge on any atom is -0.247 e. The molecule has 0 bridgehead atoms. The molecule has 1 aliphatic heterocycles. The van der Waals surface area contributed by atoms with E-state index in [9.17, 15) is 0 Å². The Morgan fingerprint density at radius 2 is 1.05 bits per heavy atom. The summed E-state index contributed by atoms with van der Waals surface area (Å²) in [5, 5.41) is 10.00. The standard InChI is InChI=1S/C20H12NS/c1-3-7-15-13(5-1)9-11-17-19(15)22-20-16-8-4-2-6-14(16)10-12-18(20)21-17/h1-12H. The first-order valence-electron chi connectivity index (χ1n) is 7.33. The summed E-state index contributed by atoms with van der Waals surface area (Å²) in [4.78, 5) is 2.53.